The molecule has 3 heteroatoms. The lowest BCUT2D eigenvalue weighted by Crippen LogP contribution is -2.01. The van der Waals surface area contributed by atoms with E-state index in [2.05, 4.69) is 9.97 Å². The maximum atomic E-state index is 5.51. The number of aromatic nitrogens is 2. The summed E-state index contributed by atoms with van der Waals surface area (Å²) in [4.78, 5) is 8.52. The van der Waals surface area contributed by atoms with Crippen LogP contribution in [-0.2, 0) is 6.54 Å². The van der Waals surface area contributed by atoms with Crippen molar-refractivity contribution in [3.8, 4) is 11.4 Å². The van der Waals surface area contributed by atoms with Crippen LogP contribution in [0.2, 0.25) is 0 Å². The Balaban J connectivity index is 2.42. The normalized spacial score (nSPS) is 10.1. The quantitative estimate of drug-likeness (QED) is 0.773. The van der Waals surface area contributed by atoms with E-state index in [1.807, 2.05) is 36.4 Å². The third kappa shape index (κ3) is 1.78. The highest BCUT2D eigenvalue weighted by molar-refractivity contribution is 5.54. The number of hydrogen-bond donors (Lipinski definition) is 1. The van der Waals surface area contributed by atoms with Crippen LogP contribution in [0.1, 0.15) is 5.69 Å². The van der Waals surface area contributed by atoms with E-state index in [1.54, 1.807) is 6.20 Å². The lowest BCUT2D eigenvalue weighted by atomic mass is 10.2. The standard InChI is InChI=1S/C11H11N3/c12-8-10-6-7-13-11(14-10)9-4-2-1-3-5-9/h1-7H,8,12H2. The second-order valence-corrected chi connectivity index (χ2v) is 2.94. The minimum atomic E-state index is 0.447. The van der Waals surface area contributed by atoms with Gasteiger partial charge in [-0.1, -0.05) is 30.3 Å². The van der Waals surface area contributed by atoms with Crippen molar-refractivity contribution in [1.29, 1.82) is 0 Å². The van der Waals surface area contributed by atoms with Gasteiger partial charge in [0.25, 0.3) is 0 Å². The van der Waals surface area contributed by atoms with Crippen LogP contribution in [0.5, 0.6) is 0 Å². The van der Waals surface area contributed by atoms with Crippen molar-refractivity contribution < 1.29 is 0 Å². The van der Waals surface area contributed by atoms with Crippen molar-refractivity contribution in [2.45, 2.75) is 6.54 Å². The molecule has 0 unspecified atom stereocenters. The molecule has 2 rings (SSSR count). The van der Waals surface area contributed by atoms with E-state index in [-0.39, 0.29) is 0 Å². The molecule has 1 aromatic carbocycles. The fourth-order valence-corrected chi connectivity index (χ4v) is 1.24. The van der Waals surface area contributed by atoms with E-state index >= 15 is 0 Å². The predicted octanol–water partition coefficient (Wildman–Crippen LogP) is 1.60. The molecule has 0 amide bonds. The van der Waals surface area contributed by atoms with Crippen LogP contribution >= 0.6 is 0 Å². The monoisotopic (exact) mass is 185 g/mol. The molecular formula is C11H11N3. The van der Waals surface area contributed by atoms with Crippen molar-refractivity contribution >= 4 is 0 Å². The van der Waals surface area contributed by atoms with Gasteiger partial charge in [-0.2, -0.15) is 0 Å². The first kappa shape index (κ1) is 8.84. The average molecular weight is 185 g/mol. The second-order valence-electron chi connectivity index (χ2n) is 2.94. The highest BCUT2D eigenvalue weighted by Crippen LogP contribution is 2.13. The van der Waals surface area contributed by atoms with Crippen LogP contribution in [0.3, 0.4) is 0 Å². The number of benzene rings is 1. The second kappa shape index (κ2) is 3.98. The van der Waals surface area contributed by atoms with Crippen molar-refractivity contribution in [2.75, 3.05) is 0 Å². The van der Waals surface area contributed by atoms with Gasteiger partial charge in [0.2, 0.25) is 0 Å². The van der Waals surface area contributed by atoms with Crippen LogP contribution < -0.4 is 5.73 Å². The molecular weight excluding hydrogens is 174 g/mol. The topological polar surface area (TPSA) is 51.8 Å². The van der Waals surface area contributed by atoms with E-state index in [1.165, 1.54) is 0 Å². The summed E-state index contributed by atoms with van der Waals surface area (Å²) >= 11 is 0. The van der Waals surface area contributed by atoms with Crippen LogP contribution in [0.15, 0.2) is 42.6 Å². The summed E-state index contributed by atoms with van der Waals surface area (Å²) < 4.78 is 0. The summed E-state index contributed by atoms with van der Waals surface area (Å²) in [6.45, 7) is 0.447. The number of nitrogens with two attached hydrogens (primary N) is 1. The summed E-state index contributed by atoms with van der Waals surface area (Å²) in [7, 11) is 0. The van der Waals surface area contributed by atoms with Crippen molar-refractivity contribution in [3.63, 3.8) is 0 Å². The third-order valence-corrected chi connectivity index (χ3v) is 1.95. The highest BCUT2D eigenvalue weighted by Gasteiger charge is 1.99. The van der Waals surface area contributed by atoms with E-state index in [0.29, 0.717) is 6.54 Å². The molecule has 70 valence electrons. The van der Waals surface area contributed by atoms with Crippen molar-refractivity contribution in [1.82, 2.24) is 9.97 Å². The van der Waals surface area contributed by atoms with Gasteiger partial charge in [-0.05, 0) is 6.07 Å². The van der Waals surface area contributed by atoms with Gasteiger partial charge in [0.1, 0.15) is 0 Å². The molecule has 3 nitrogen and oxygen atoms in total. The van der Waals surface area contributed by atoms with Crippen molar-refractivity contribution in [2.24, 2.45) is 5.73 Å². The first-order chi connectivity index (χ1) is 6.90. The third-order valence-electron chi connectivity index (χ3n) is 1.95. The van der Waals surface area contributed by atoms with Gasteiger partial charge in [-0.3, -0.25) is 0 Å². The zero-order valence-electron chi connectivity index (χ0n) is 7.72. The molecule has 0 aliphatic rings. The largest absolute Gasteiger partial charge is 0.325 e. The fraction of sp³-hybridized carbons (Fsp3) is 0.0909. The SMILES string of the molecule is NCc1ccnc(-c2ccccc2)n1. The van der Waals surface area contributed by atoms with Gasteiger partial charge < -0.3 is 5.73 Å². The van der Waals surface area contributed by atoms with Gasteiger partial charge in [0.15, 0.2) is 5.82 Å². The Kier molecular flexibility index (Phi) is 2.51. The maximum Gasteiger partial charge on any atom is 0.159 e. The fourth-order valence-electron chi connectivity index (χ4n) is 1.24. The molecule has 0 bridgehead atoms. The first-order valence-corrected chi connectivity index (χ1v) is 4.47. The van der Waals surface area contributed by atoms with Crippen LogP contribution in [0.25, 0.3) is 11.4 Å². The first-order valence-electron chi connectivity index (χ1n) is 4.47. The van der Waals surface area contributed by atoms with Gasteiger partial charge in [-0.25, -0.2) is 9.97 Å². The summed E-state index contributed by atoms with van der Waals surface area (Å²) in [5.74, 6) is 0.730. The van der Waals surface area contributed by atoms with E-state index in [4.69, 9.17) is 5.73 Å². The molecule has 0 saturated carbocycles. The molecule has 0 fully saturated rings. The molecule has 0 radical (unpaired) electrons. The minimum absolute atomic E-state index is 0.447. The Morgan fingerprint density at radius 3 is 2.57 bits per heavy atom. The summed E-state index contributed by atoms with van der Waals surface area (Å²) in [6, 6.07) is 11.7. The molecule has 2 N–H and O–H groups in total. The maximum absolute atomic E-state index is 5.51. The summed E-state index contributed by atoms with van der Waals surface area (Å²) in [6.07, 6.45) is 1.73. The molecule has 0 aliphatic heterocycles. The Morgan fingerprint density at radius 2 is 1.86 bits per heavy atom. The molecule has 1 heterocycles. The number of rotatable bonds is 2. The zero-order valence-corrected chi connectivity index (χ0v) is 7.72. The number of nitrogens with zero attached hydrogens (tertiary/aromatic N) is 2. The van der Waals surface area contributed by atoms with E-state index < -0.39 is 0 Å². The predicted molar refractivity (Wildman–Crippen MR) is 55.4 cm³/mol. The number of hydrogen-bond acceptors (Lipinski definition) is 3. The molecule has 2 aromatic rings. The van der Waals surface area contributed by atoms with Gasteiger partial charge in [0, 0.05) is 18.3 Å². The Labute approximate surface area is 82.6 Å². The zero-order chi connectivity index (χ0) is 9.80. The lowest BCUT2D eigenvalue weighted by Gasteiger charge is -2.00. The summed E-state index contributed by atoms with van der Waals surface area (Å²) in [5, 5.41) is 0. The molecule has 0 saturated heterocycles. The minimum Gasteiger partial charge on any atom is -0.325 e. The molecule has 0 aliphatic carbocycles. The molecule has 1 aromatic heterocycles. The van der Waals surface area contributed by atoms with E-state index in [9.17, 15) is 0 Å². The Morgan fingerprint density at radius 1 is 1.07 bits per heavy atom. The smallest absolute Gasteiger partial charge is 0.159 e. The van der Waals surface area contributed by atoms with Crippen LogP contribution in [0.4, 0.5) is 0 Å². The molecule has 0 atom stereocenters. The highest BCUT2D eigenvalue weighted by atomic mass is 14.9. The van der Waals surface area contributed by atoms with Crippen molar-refractivity contribution in [3.05, 3.63) is 48.3 Å². The summed E-state index contributed by atoms with van der Waals surface area (Å²) in [5.41, 5.74) is 7.38. The van der Waals surface area contributed by atoms with Gasteiger partial charge >= 0.3 is 0 Å². The van der Waals surface area contributed by atoms with Crippen LogP contribution in [-0.4, -0.2) is 9.97 Å². The van der Waals surface area contributed by atoms with Gasteiger partial charge in [-0.15, -0.1) is 0 Å². The van der Waals surface area contributed by atoms with Crippen LogP contribution in [0, 0.1) is 0 Å². The lowest BCUT2D eigenvalue weighted by molar-refractivity contribution is 0.969. The molecule has 0 spiro atoms. The Bertz CT molecular complexity index is 412. The molecule has 14 heavy (non-hydrogen) atoms. The van der Waals surface area contributed by atoms with E-state index in [0.717, 1.165) is 17.1 Å². The Hall–Kier alpha value is -1.74. The average Bonchev–Trinajstić information content (AvgIpc) is 2.30. The van der Waals surface area contributed by atoms with Gasteiger partial charge in [0.05, 0.1) is 5.69 Å².